The van der Waals surface area contributed by atoms with Crippen molar-refractivity contribution in [3.8, 4) is 34.1 Å². The predicted octanol–water partition coefficient (Wildman–Crippen LogP) is 7.81. The molecule has 0 bridgehead atoms. The predicted molar refractivity (Wildman–Crippen MR) is 147 cm³/mol. The molecule has 4 rings (SSSR count). The highest BCUT2D eigenvalue weighted by Crippen LogP contribution is 2.46. The first-order valence-electron chi connectivity index (χ1n) is 11.7. The Labute approximate surface area is 213 Å². The van der Waals surface area contributed by atoms with Crippen LogP contribution in [0.2, 0.25) is 0 Å². The summed E-state index contributed by atoms with van der Waals surface area (Å²) in [6.45, 7) is 8.92. The van der Waals surface area contributed by atoms with Gasteiger partial charge in [0.2, 0.25) is 0 Å². The van der Waals surface area contributed by atoms with E-state index in [9.17, 15) is 0 Å². The first-order valence-corrected chi connectivity index (χ1v) is 11.7. The fourth-order valence-electron chi connectivity index (χ4n) is 4.01. The van der Waals surface area contributed by atoms with Gasteiger partial charge in [-0.3, -0.25) is 0 Å². The number of ether oxygens (including phenoxy) is 4. The molecule has 0 fully saturated rings. The van der Waals surface area contributed by atoms with Gasteiger partial charge in [-0.15, -0.1) is 0 Å². The largest absolute Gasteiger partial charge is 0.497 e. The van der Waals surface area contributed by atoms with Crippen molar-refractivity contribution in [2.45, 2.75) is 13.2 Å². The van der Waals surface area contributed by atoms with Crippen LogP contribution in [0.25, 0.3) is 23.3 Å². The van der Waals surface area contributed by atoms with Crippen molar-refractivity contribution in [1.29, 1.82) is 0 Å². The van der Waals surface area contributed by atoms with E-state index >= 15 is 0 Å². The summed E-state index contributed by atoms with van der Waals surface area (Å²) in [4.78, 5) is 0. The lowest BCUT2D eigenvalue weighted by atomic mass is 9.92. The highest BCUT2D eigenvalue weighted by Gasteiger charge is 2.21. The van der Waals surface area contributed by atoms with E-state index in [0.717, 1.165) is 33.4 Å². The fourth-order valence-corrected chi connectivity index (χ4v) is 4.01. The Balaban J connectivity index is 1.87. The van der Waals surface area contributed by atoms with Gasteiger partial charge >= 0.3 is 0 Å². The summed E-state index contributed by atoms with van der Waals surface area (Å²) in [7, 11) is 3.28. The van der Waals surface area contributed by atoms with E-state index in [0.29, 0.717) is 36.2 Å². The van der Waals surface area contributed by atoms with Crippen LogP contribution in [0.3, 0.4) is 0 Å². The topological polar surface area (TPSA) is 36.9 Å². The van der Waals surface area contributed by atoms with Crippen LogP contribution in [0.4, 0.5) is 0 Å². The van der Waals surface area contributed by atoms with Gasteiger partial charge in [-0.25, -0.2) is 0 Å². The lowest BCUT2D eigenvalue weighted by Gasteiger charge is -2.21. The molecule has 4 heteroatoms. The molecule has 0 saturated carbocycles. The smallest absolute Gasteiger partial charge is 0.132 e. The van der Waals surface area contributed by atoms with Crippen LogP contribution in [0.1, 0.15) is 22.3 Å². The summed E-state index contributed by atoms with van der Waals surface area (Å²) in [6, 6.07) is 27.8. The van der Waals surface area contributed by atoms with Gasteiger partial charge in [0.05, 0.1) is 14.2 Å². The minimum Gasteiger partial charge on any atom is -0.497 e. The quantitative estimate of drug-likeness (QED) is 0.220. The zero-order valence-electron chi connectivity index (χ0n) is 20.7. The van der Waals surface area contributed by atoms with E-state index in [1.54, 1.807) is 26.4 Å². The van der Waals surface area contributed by atoms with Gasteiger partial charge in [0.1, 0.15) is 36.2 Å². The SMILES string of the molecule is C=Cc1cc(OC)cc(OCc2ccccc2)c1-c1c(C=C)cc(OC)cc1OCc1ccccc1. The van der Waals surface area contributed by atoms with E-state index in [1.807, 2.05) is 84.9 Å². The average Bonchev–Trinajstić information content (AvgIpc) is 2.95. The van der Waals surface area contributed by atoms with Gasteiger partial charge in [-0.05, 0) is 34.4 Å². The van der Waals surface area contributed by atoms with Crippen molar-refractivity contribution < 1.29 is 18.9 Å². The molecule has 0 unspecified atom stereocenters. The lowest BCUT2D eigenvalue weighted by molar-refractivity contribution is 0.300. The Hall–Kier alpha value is -4.44. The molecular formula is C32H30O4. The fraction of sp³-hybridized carbons (Fsp3) is 0.125. The van der Waals surface area contributed by atoms with Gasteiger partial charge in [0.15, 0.2) is 0 Å². The van der Waals surface area contributed by atoms with Crippen LogP contribution in [0.15, 0.2) is 98.1 Å². The van der Waals surface area contributed by atoms with Crippen LogP contribution in [0.5, 0.6) is 23.0 Å². The summed E-state index contributed by atoms with van der Waals surface area (Å²) >= 11 is 0. The molecule has 0 aliphatic carbocycles. The number of hydrogen-bond donors (Lipinski definition) is 0. The van der Waals surface area contributed by atoms with Crippen molar-refractivity contribution in [2.24, 2.45) is 0 Å². The minimum atomic E-state index is 0.400. The van der Waals surface area contributed by atoms with E-state index in [2.05, 4.69) is 13.2 Å². The third-order valence-corrected chi connectivity index (χ3v) is 5.85. The number of benzene rings is 4. The Kier molecular flexibility index (Phi) is 8.09. The van der Waals surface area contributed by atoms with Crippen LogP contribution in [-0.4, -0.2) is 14.2 Å². The van der Waals surface area contributed by atoms with Gasteiger partial charge in [-0.2, -0.15) is 0 Å². The number of hydrogen-bond acceptors (Lipinski definition) is 4. The maximum absolute atomic E-state index is 6.39. The molecule has 0 aliphatic rings. The second-order valence-corrected chi connectivity index (χ2v) is 8.14. The summed E-state index contributed by atoms with van der Waals surface area (Å²) in [5.74, 6) is 2.67. The highest BCUT2D eigenvalue weighted by molar-refractivity contribution is 5.90. The third-order valence-electron chi connectivity index (χ3n) is 5.85. The molecule has 0 amide bonds. The van der Waals surface area contributed by atoms with Crippen molar-refractivity contribution >= 4 is 12.2 Å². The zero-order chi connectivity index (χ0) is 25.3. The van der Waals surface area contributed by atoms with Gasteiger partial charge in [0, 0.05) is 23.3 Å². The van der Waals surface area contributed by atoms with Crippen molar-refractivity contribution in [3.63, 3.8) is 0 Å². The molecule has 0 atom stereocenters. The Bertz CT molecular complexity index is 1220. The van der Waals surface area contributed by atoms with Crippen LogP contribution < -0.4 is 18.9 Å². The van der Waals surface area contributed by atoms with E-state index < -0.39 is 0 Å². The lowest BCUT2D eigenvalue weighted by Crippen LogP contribution is -2.03. The molecule has 0 aromatic heterocycles. The van der Waals surface area contributed by atoms with Gasteiger partial charge < -0.3 is 18.9 Å². The minimum absolute atomic E-state index is 0.400. The normalized spacial score (nSPS) is 10.4. The molecule has 0 saturated heterocycles. The maximum Gasteiger partial charge on any atom is 0.132 e. The first-order chi connectivity index (χ1) is 17.7. The maximum atomic E-state index is 6.39. The monoisotopic (exact) mass is 478 g/mol. The summed E-state index contributed by atoms with van der Waals surface area (Å²) in [5.41, 5.74) is 5.53. The molecule has 4 aromatic carbocycles. The molecule has 182 valence electrons. The molecule has 0 aliphatic heterocycles. The Morgan fingerprint density at radius 1 is 0.583 bits per heavy atom. The average molecular weight is 479 g/mol. The highest BCUT2D eigenvalue weighted by atomic mass is 16.5. The number of rotatable bonds is 11. The first kappa shape index (κ1) is 24.7. The molecule has 0 N–H and O–H groups in total. The second kappa shape index (κ2) is 11.8. The van der Waals surface area contributed by atoms with E-state index in [1.165, 1.54) is 0 Å². The third kappa shape index (κ3) is 5.61. The zero-order valence-corrected chi connectivity index (χ0v) is 20.7. The summed E-state index contributed by atoms with van der Waals surface area (Å²) in [6.07, 6.45) is 3.59. The molecule has 4 nitrogen and oxygen atoms in total. The molecular weight excluding hydrogens is 448 g/mol. The van der Waals surface area contributed by atoms with Crippen molar-refractivity contribution in [2.75, 3.05) is 14.2 Å². The van der Waals surface area contributed by atoms with Crippen LogP contribution >= 0.6 is 0 Å². The molecule has 0 heterocycles. The van der Waals surface area contributed by atoms with Gasteiger partial charge in [0.25, 0.3) is 0 Å². The van der Waals surface area contributed by atoms with Crippen LogP contribution in [-0.2, 0) is 13.2 Å². The summed E-state index contributed by atoms with van der Waals surface area (Å²) in [5, 5.41) is 0. The Morgan fingerprint density at radius 2 is 0.972 bits per heavy atom. The molecule has 4 aromatic rings. The second-order valence-electron chi connectivity index (χ2n) is 8.14. The van der Waals surface area contributed by atoms with Crippen LogP contribution in [0, 0.1) is 0 Å². The molecule has 36 heavy (non-hydrogen) atoms. The Morgan fingerprint density at radius 3 is 1.31 bits per heavy atom. The standard InChI is InChI=1S/C32H30O4/c1-5-25-17-27(33-3)19-29(35-21-23-13-9-7-10-14-23)31(25)32-26(6-2)18-28(34-4)20-30(32)36-22-24-15-11-8-12-16-24/h5-20H,1-2,21-22H2,3-4H3. The summed E-state index contributed by atoms with van der Waals surface area (Å²) < 4.78 is 23.9. The molecule has 0 radical (unpaired) electrons. The van der Waals surface area contributed by atoms with Crippen molar-refractivity contribution in [3.05, 3.63) is 120 Å². The molecule has 0 spiro atoms. The van der Waals surface area contributed by atoms with Gasteiger partial charge in [-0.1, -0.05) is 86.0 Å². The number of methoxy groups -OCH3 is 2. The van der Waals surface area contributed by atoms with E-state index in [4.69, 9.17) is 18.9 Å². The van der Waals surface area contributed by atoms with Crippen molar-refractivity contribution in [1.82, 2.24) is 0 Å². The van der Waals surface area contributed by atoms with E-state index in [-0.39, 0.29) is 0 Å².